The number of hydrogen-bond acceptors (Lipinski definition) is 3. The number of nitrogens with one attached hydrogen (secondary N) is 1. The smallest absolute Gasteiger partial charge is 0.250 e. The van der Waals surface area contributed by atoms with E-state index in [0.29, 0.717) is 5.69 Å². The van der Waals surface area contributed by atoms with E-state index in [1.54, 1.807) is 0 Å². The largest absolute Gasteiger partial charge is 0.494 e. The maximum absolute atomic E-state index is 13.0. The molecule has 1 rings (SSSR count). The van der Waals surface area contributed by atoms with Gasteiger partial charge in [0, 0.05) is 18.9 Å². The molecular weight excluding hydrogens is 201 g/mol. The fraction of sp³-hybridized carbons (Fsp3) is 0.300. The number of amides is 1. The fourth-order valence-electron chi connectivity index (χ4n) is 1.07. The average Bonchev–Trinajstić information content (AvgIpc) is 2.21. The van der Waals surface area contributed by atoms with Crippen molar-refractivity contribution in [3.05, 3.63) is 24.0 Å². The summed E-state index contributed by atoms with van der Waals surface area (Å²) >= 11 is 0. The van der Waals surface area contributed by atoms with E-state index in [2.05, 4.69) is 10.1 Å². The summed E-state index contributed by atoms with van der Waals surface area (Å²) in [6.07, 6.45) is 0. The van der Waals surface area contributed by atoms with Crippen LogP contribution in [0.15, 0.2) is 18.2 Å². The lowest BCUT2D eigenvalue weighted by Gasteiger charge is -2.07. The molecule has 15 heavy (non-hydrogen) atoms. The van der Waals surface area contributed by atoms with Gasteiger partial charge in [0.2, 0.25) is 5.91 Å². The van der Waals surface area contributed by atoms with Gasteiger partial charge >= 0.3 is 0 Å². The standard InChI is InChI=1S/C10H12FNO3/c1-14-6-10(13)12-7-3-4-8(11)9(5-7)15-2/h3-5H,6H2,1-2H3,(H,12,13). The minimum atomic E-state index is -0.470. The predicted molar refractivity (Wildman–Crippen MR) is 53.5 cm³/mol. The van der Waals surface area contributed by atoms with Crippen LogP contribution in [0.5, 0.6) is 5.75 Å². The number of methoxy groups -OCH3 is 2. The Morgan fingerprint density at radius 2 is 2.20 bits per heavy atom. The zero-order valence-electron chi connectivity index (χ0n) is 8.54. The van der Waals surface area contributed by atoms with Gasteiger partial charge in [0.25, 0.3) is 0 Å². The van der Waals surface area contributed by atoms with E-state index in [0.717, 1.165) is 0 Å². The molecule has 0 aliphatic rings. The van der Waals surface area contributed by atoms with Crippen molar-refractivity contribution in [3.8, 4) is 5.75 Å². The number of benzene rings is 1. The molecular formula is C10H12FNO3. The van der Waals surface area contributed by atoms with Gasteiger partial charge in [0.15, 0.2) is 11.6 Å². The Hall–Kier alpha value is -1.62. The summed E-state index contributed by atoms with van der Waals surface area (Å²) in [5, 5.41) is 2.53. The molecule has 0 radical (unpaired) electrons. The number of hydrogen-bond donors (Lipinski definition) is 1. The number of halogens is 1. The second kappa shape index (κ2) is 5.31. The molecule has 0 bridgehead atoms. The normalized spacial score (nSPS) is 9.80. The van der Waals surface area contributed by atoms with E-state index < -0.39 is 5.82 Å². The molecule has 0 atom stereocenters. The minimum absolute atomic E-state index is 0.0420. The monoisotopic (exact) mass is 213 g/mol. The van der Waals surface area contributed by atoms with Gasteiger partial charge in [0.05, 0.1) is 7.11 Å². The Morgan fingerprint density at radius 3 is 2.80 bits per heavy atom. The van der Waals surface area contributed by atoms with Crippen molar-refractivity contribution in [3.63, 3.8) is 0 Å². The summed E-state index contributed by atoms with van der Waals surface area (Å²) in [6, 6.07) is 4.08. The third-order valence-corrected chi connectivity index (χ3v) is 1.71. The molecule has 0 aromatic heterocycles. The Bertz CT molecular complexity index is 355. The van der Waals surface area contributed by atoms with E-state index in [-0.39, 0.29) is 18.3 Å². The van der Waals surface area contributed by atoms with Crippen molar-refractivity contribution in [2.75, 3.05) is 26.1 Å². The van der Waals surface area contributed by atoms with Gasteiger partial charge < -0.3 is 14.8 Å². The highest BCUT2D eigenvalue weighted by Crippen LogP contribution is 2.21. The van der Waals surface area contributed by atoms with Crippen molar-refractivity contribution in [1.82, 2.24) is 0 Å². The molecule has 1 N–H and O–H groups in total. The van der Waals surface area contributed by atoms with E-state index in [1.165, 1.54) is 32.4 Å². The van der Waals surface area contributed by atoms with Crippen molar-refractivity contribution in [2.45, 2.75) is 0 Å². The van der Waals surface area contributed by atoms with Crippen LogP contribution in [0.4, 0.5) is 10.1 Å². The second-order valence-electron chi connectivity index (χ2n) is 2.83. The van der Waals surface area contributed by atoms with Crippen LogP contribution in [0.3, 0.4) is 0 Å². The molecule has 0 spiro atoms. The Labute approximate surface area is 87.0 Å². The van der Waals surface area contributed by atoms with Crippen LogP contribution in [0, 0.1) is 5.82 Å². The molecule has 0 unspecified atom stereocenters. The van der Waals surface area contributed by atoms with Crippen LogP contribution in [0.25, 0.3) is 0 Å². The Morgan fingerprint density at radius 1 is 1.47 bits per heavy atom. The van der Waals surface area contributed by atoms with Crippen molar-refractivity contribution in [2.24, 2.45) is 0 Å². The van der Waals surface area contributed by atoms with Gasteiger partial charge in [-0.15, -0.1) is 0 Å². The van der Waals surface area contributed by atoms with Crippen LogP contribution < -0.4 is 10.1 Å². The van der Waals surface area contributed by atoms with Crippen molar-refractivity contribution in [1.29, 1.82) is 0 Å². The molecule has 1 aromatic carbocycles. The molecule has 0 fully saturated rings. The highest BCUT2D eigenvalue weighted by Gasteiger charge is 2.05. The topological polar surface area (TPSA) is 47.6 Å². The van der Waals surface area contributed by atoms with E-state index in [9.17, 15) is 9.18 Å². The quantitative estimate of drug-likeness (QED) is 0.822. The number of carbonyl (C=O) groups excluding carboxylic acids is 1. The molecule has 0 saturated carbocycles. The summed E-state index contributed by atoms with van der Waals surface area (Å²) < 4.78 is 22.4. The third kappa shape index (κ3) is 3.21. The van der Waals surface area contributed by atoms with Gasteiger partial charge in [-0.3, -0.25) is 4.79 Å². The van der Waals surface area contributed by atoms with Crippen LogP contribution >= 0.6 is 0 Å². The van der Waals surface area contributed by atoms with Gasteiger partial charge in [-0.05, 0) is 12.1 Å². The number of ether oxygens (including phenoxy) is 2. The summed E-state index contributed by atoms with van der Waals surface area (Å²) in [6.45, 7) is -0.0420. The first-order valence-corrected chi connectivity index (χ1v) is 4.29. The lowest BCUT2D eigenvalue weighted by atomic mass is 10.3. The van der Waals surface area contributed by atoms with Gasteiger partial charge in [0.1, 0.15) is 6.61 Å². The maximum Gasteiger partial charge on any atom is 0.250 e. The average molecular weight is 213 g/mol. The van der Waals surface area contributed by atoms with Crippen LogP contribution in [-0.4, -0.2) is 26.7 Å². The summed E-state index contributed by atoms with van der Waals surface area (Å²) in [5.74, 6) is -0.682. The van der Waals surface area contributed by atoms with E-state index in [4.69, 9.17) is 4.74 Å². The molecule has 4 nitrogen and oxygen atoms in total. The van der Waals surface area contributed by atoms with E-state index >= 15 is 0 Å². The fourth-order valence-corrected chi connectivity index (χ4v) is 1.07. The molecule has 1 amide bonds. The molecule has 1 aromatic rings. The van der Waals surface area contributed by atoms with Gasteiger partial charge in [-0.2, -0.15) is 0 Å². The highest BCUT2D eigenvalue weighted by molar-refractivity contribution is 5.91. The van der Waals surface area contributed by atoms with Crippen LogP contribution in [0.1, 0.15) is 0 Å². The van der Waals surface area contributed by atoms with Gasteiger partial charge in [-0.25, -0.2) is 4.39 Å². The van der Waals surface area contributed by atoms with Crippen molar-refractivity contribution < 1.29 is 18.7 Å². The van der Waals surface area contributed by atoms with Crippen LogP contribution in [-0.2, 0) is 9.53 Å². The third-order valence-electron chi connectivity index (χ3n) is 1.71. The lowest BCUT2D eigenvalue weighted by Crippen LogP contribution is -2.17. The molecule has 5 heteroatoms. The zero-order valence-corrected chi connectivity index (χ0v) is 8.54. The SMILES string of the molecule is COCC(=O)Nc1ccc(F)c(OC)c1. The first kappa shape index (κ1) is 11.5. The number of rotatable bonds is 4. The molecule has 0 heterocycles. The molecule has 82 valence electrons. The highest BCUT2D eigenvalue weighted by atomic mass is 19.1. The van der Waals surface area contributed by atoms with Crippen molar-refractivity contribution >= 4 is 11.6 Å². The lowest BCUT2D eigenvalue weighted by molar-refractivity contribution is -0.119. The molecule has 0 saturated heterocycles. The Balaban J connectivity index is 2.74. The Kier molecular flexibility index (Phi) is 4.05. The molecule has 0 aliphatic carbocycles. The second-order valence-corrected chi connectivity index (χ2v) is 2.83. The minimum Gasteiger partial charge on any atom is -0.494 e. The molecule has 0 aliphatic heterocycles. The zero-order chi connectivity index (χ0) is 11.3. The number of anilines is 1. The van der Waals surface area contributed by atoms with Crippen LogP contribution in [0.2, 0.25) is 0 Å². The summed E-state index contributed by atoms with van der Waals surface area (Å²) in [7, 11) is 2.78. The predicted octanol–water partition coefficient (Wildman–Crippen LogP) is 1.42. The number of carbonyl (C=O) groups is 1. The summed E-state index contributed by atoms with van der Waals surface area (Å²) in [5.41, 5.74) is 0.468. The first-order valence-electron chi connectivity index (χ1n) is 4.29. The maximum atomic E-state index is 13.0. The summed E-state index contributed by atoms with van der Waals surface area (Å²) in [4.78, 5) is 11.1. The van der Waals surface area contributed by atoms with E-state index in [1.807, 2.05) is 0 Å². The van der Waals surface area contributed by atoms with Gasteiger partial charge in [-0.1, -0.05) is 0 Å². The first-order chi connectivity index (χ1) is 7.17.